The third-order valence-electron chi connectivity index (χ3n) is 2.29. The van der Waals surface area contributed by atoms with Gasteiger partial charge in [0.15, 0.2) is 0 Å². The monoisotopic (exact) mass is 203 g/mol. The molecule has 0 heterocycles. The van der Waals surface area contributed by atoms with Gasteiger partial charge in [-0.15, -0.1) is 0 Å². The second-order valence-corrected chi connectivity index (χ2v) is 3.23. The van der Waals surface area contributed by atoms with E-state index in [9.17, 15) is 0 Å². The molecule has 0 saturated heterocycles. The van der Waals surface area contributed by atoms with Crippen LogP contribution >= 0.6 is 0 Å². The Balaban J connectivity index is 2.70. The van der Waals surface area contributed by atoms with E-state index < -0.39 is 0 Å². The molecule has 0 N–H and O–H groups in total. The van der Waals surface area contributed by atoms with E-state index in [1.54, 1.807) is 30.3 Å². The fourth-order valence-corrected chi connectivity index (χ4v) is 1.55. The van der Waals surface area contributed by atoms with Gasteiger partial charge in [0.25, 0.3) is 0 Å². The van der Waals surface area contributed by atoms with Crippen molar-refractivity contribution >= 4 is 0 Å². The summed E-state index contributed by atoms with van der Waals surface area (Å²) in [5, 5.41) is 18.0. The number of nitrogens with zero attached hydrogens (tertiary/aromatic N) is 2. The van der Waals surface area contributed by atoms with Crippen LogP contribution in [0.5, 0.6) is 0 Å². The first kappa shape index (κ1) is 9.96. The van der Waals surface area contributed by atoms with Crippen LogP contribution in [0.25, 0.3) is 11.1 Å². The molecule has 0 fully saturated rings. The molecule has 2 heteroatoms. The highest BCUT2D eigenvalue weighted by Crippen LogP contribution is 2.25. The molecule has 0 atom stereocenters. The van der Waals surface area contributed by atoms with Crippen molar-refractivity contribution in [2.75, 3.05) is 0 Å². The summed E-state index contributed by atoms with van der Waals surface area (Å²) in [6.45, 7) is 0. The topological polar surface area (TPSA) is 47.6 Å². The summed E-state index contributed by atoms with van der Waals surface area (Å²) in [7, 11) is 0. The predicted molar refractivity (Wildman–Crippen MR) is 60.1 cm³/mol. The first-order valence-electron chi connectivity index (χ1n) is 4.77. The Kier molecular flexibility index (Phi) is 2.67. The molecule has 0 saturated carbocycles. The SMILES string of the molecule is N#Cc1ccc[c]c1-c1ccccc1C#N. The van der Waals surface area contributed by atoms with E-state index in [4.69, 9.17) is 10.5 Å². The summed E-state index contributed by atoms with van der Waals surface area (Å²) < 4.78 is 0. The van der Waals surface area contributed by atoms with Gasteiger partial charge in [-0.05, 0) is 18.2 Å². The lowest BCUT2D eigenvalue weighted by atomic mass is 9.96. The minimum atomic E-state index is 0.533. The summed E-state index contributed by atoms with van der Waals surface area (Å²) in [4.78, 5) is 0. The third kappa shape index (κ3) is 1.65. The van der Waals surface area contributed by atoms with Crippen molar-refractivity contribution in [2.24, 2.45) is 0 Å². The Morgan fingerprint density at radius 1 is 0.875 bits per heavy atom. The summed E-state index contributed by atoms with van der Waals surface area (Å²) in [6, 6.07) is 19.7. The van der Waals surface area contributed by atoms with Crippen molar-refractivity contribution in [3.63, 3.8) is 0 Å². The molecule has 2 nitrogen and oxygen atoms in total. The Morgan fingerprint density at radius 2 is 1.56 bits per heavy atom. The number of rotatable bonds is 1. The van der Waals surface area contributed by atoms with Crippen LogP contribution in [0.15, 0.2) is 42.5 Å². The van der Waals surface area contributed by atoms with Crippen LogP contribution in [0.2, 0.25) is 0 Å². The minimum Gasteiger partial charge on any atom is -0.192 e. The number of nitriles is 2. The van der Waals surface area contributed by atoms with Gasteiger partial charge in [-0.1, -0.05) is 30.3 Å². The molecule has 0 bridgehead atoms. The summed E-state index contributed by atoms with van der Waals surface area (Å²) in [5.74, 6) is 0. The summed E-state index contributed by atoms with van der Waals surface area (Å²) in [5.41, 5.74) is 2.52. The molecule has 2 aromatic rings. The highest BCUT2D eigenvalue weighted by atomic mass is 14.3. The lowest BCUT2D eigenvalue weighted by Crippen LogP contribution is -1.87. The molecule has 0 amide bonds. The van der Waals surface area contributed by atoms with E-state index in [0.717, 1.165) is 5.56 Å². The predicted octanol–water partition coefficient (Wildman–Crippen LogP) is 2.90. The molecule has 0 aliphatic carbocycles. The van der Waals surface area contributed by atoms with Crippen molar-refractivity contribution in [3.8, 4) is 23.3 Å². The van der Waals surface area contributed by atoms with Gasteiger partial charge in [-0.25, -0.2) is 0 Å². The van der Waals surface area contributed by atoms with Gasteiger partial charge < -0.3 is 0 Å². The number of hydrogen-bond donors (Lipinski definition) is 0. The zero-order valence-electron chi connectivity index (χ0n) is 8.44. The largest absolute Gasteiger partial charge is 0.192 e. The van der Waals surface area contributed by atoms with Crippen LogP contribution in [0.4, 0.5) is 0 Å². The number of benzene rings is 2. The summed E-state index contributed by atoms with van der Waals surface area (Å²) >= 11 is 0. The molecule has 2 rings (SSSR count). The fraction of sp³-hybridized carbons (Fsp3) is 0. The van der Waals surface area contributed by atoms with Crippen LogP contribution < -0.4 is 0 Å². The Morgan fingerprint density at radius 3 is 2.31 bits per heavy atom. The van der Waals surface area contributed by atoms with E-state index in [0.29, 0.717) is 16.7 Å². The maximum atomic E-state index is 9.00. The first-order chi connectivity index (χ1) is 7.86. The van der Waals surface area contributed by atoms with Gasteiger partial charge in [0.2, 0.25) is 0 Å². The summed E-state index contributed by atoms with van der Waals surface area (Å²) in [6.07, 6.45) is 0. The zero-order valence-corrected chi connectivity index (χ0v) is 8.44. The zero-order chi connectivity index (χ0) is 11.4. The molecule has 0 aliphatic rings. The lowest BCUT2D eigenvalue weighted by Gasteiger charge is -2.04. The van der Waals surface area contributed by atoms with Crippen LogP contribution in [0.1, 0.15) is 11.1 Å². The fourth-order valence-electron chi connectivity index (χ4n) is 1.55. The van der Waals surface area contributed by atoms with Crippen molar-refractivity contribution in [3.05, 3.63) is 59.7 Å². The van der Waals surface area contributed by atoms with Crippen molar-refractivity contribution in [1.29, 1.82) is 10.5 Å². The average Bonchev–Trinajstić information content (AvgIpc) is 2.38. The third-order valence-corrected chi connectivity index (χ3v) is 2.29. The Bertz CT molecular complexity index is 545. The maximum absolute atomic E-state index is 9.00. The average molecular weight is 203 g/mol. The van der Waals surface area contributed by atoms with Crippen molar-refractivity contribution in [2.45, 2.75) is 0 Å². The van der Waals surface area contributed by atoms with Gasteiger partial charge in [-0.2, -0.15) is 10.5 Å². The second-order valence-electron chi connectivity index (χ2n) is 3.23. The van der Waals surface area contributed by atoms with Crippen molar-refractivity contribution in [1.82, 2.24) is 0 Å². The van der Waals surface area contributed by atoms with E-state index in [1.807, 2.05) is 12.1 Å². The van der Waals surface area contributed by atoms with Crippen LogP contribution in [0, 0.1) is 28.7 Å². The Labute approximate surface area is 94.0 Å². The quantitative estimate of drug-likeness (QED) is 0.715. The van der Waals surface area contributed by atoms with Crippen LogP contribution in [-0.2, 0) is 0 Å². The molecule has 1 radical (unpaired) electrons. The lowest BCUT2D eigenvalue weighted by molar-refractivity contribution is 1.45. The molecule has 0 aliphatic heterocycles. The van der Waals surface area contributed by atoms with E-state index in [1.165, 1.54) is 0 Å². The molecule has 0 aromatic heterocycles. The smallest absolute Gasteiger partial charge is 0.0998 e. The molecule has 16 heavy (non-hydrogen) atoms. The second kappa shape index (κ2) is 4.29. The minimum absolute atomic E-state index is 0.533. The molecule has 73 valence electrons. The molecular formula is C14H7N2. The van der Waals surface area contributed by atoms with Gasteiger partial charge in [0.1, 0.15) is 0 Å². The normalized spacial score (nSPS) is 9.12. The van der Waals surface area contributed by atoms with Gasteiger partial charge in [0.05, 0.1) is 23.3 Å². The van der Waals surface area contributed by atoms with Gasteiger partial charge in [-0.3, -0.25) is 0 Å². The van der Waals surface area contributed by atoms with Crippen LogP contribution in [-0.4, -0.2) is 0 Å². The van der Waals surface area contributed by atoms with Crippen molar-refractivity contribution < 1.29 is 0 Å². The van der Waals surface area contributed by atoms with E-state index in [2.05, 4.69) is 18.2 Å². The number of hydrogen-bond acceptors (Lipinski definition) is 2. The highest BCUT2D eigenvalue weighted by molar-refractivity contribution is 5.74. The van der Waals surface area contributed by atoms with E-state index >= 15 is 0 Å². The maximum Gasteiger partial charge on any atom is 0.0998 e. The van der Waals surface area contributed by atoms with Gasteiger partial charge in [0, 0.05) is 11.1 Å². The van der Waals surface area contributed by atoms with E-state index in [-0.39, 0.29) is 0 Å². The molecular weight excluding hydrogens is 196 g/mol. The van der Waals surface area contributed by atoms with Gasteiger partial charge >= 0.3 is 0 Å². The standard InChI is InChI=1S/C14H7N2/c15-9-11-5-1-3-7-13(11)14-8-4-2-6-12(14)10-16/h1-7H. The first-order valence-corrected chi connectivity index (χ1v) is 4.77. The Hall–Kier alpha value is -2.58. The highest BCUT2D eigenvalue weighted by Gasteiger charge is 2.07. The molecule has 0 spiro atoms. The molecule has 2 aromatic carbocycles. The van der Waals surface area contributed by atoms with Crippen LogP contribution in [0.3, 0.4) is 0 Å². The molecule has 0 unspecified atom stereocenters.